The van der Waals surface area contributed by atoms with Crippen molar-refractivity contribution in [3.63, 3.8) is 0 Å². The fraction of sp³-hybridized carbons (Fsp3) is 0.101. The van der Waals surface area contributed by atoms with Gasteiger partial charge in [-0.1, -0.05) is 268 Å². The Morgan fingerprint density at radius 1 is 0.325 bits per heavy atom. The summed E-state index contributed by atoms with van der Waals surface area (Å²) in [5, 5.41) is 21.2. The maximum absolute atomic E-state index is 10.8. The Labute approximate surface area is 703 Å². The van der Waals surface area contributed by atoms with Crippen molar-refractivity contribution in [1.82, 2.24) is 9.13 Å². The van der Waals surface area contributed by atoms with Crippen LogP contribution in [0.15, 0.2) is 352 Å². The number of anilines is 9. The predicted octanol–water partition coefficient (Wildman–Crippen LogP) is 26.7. The number of hydrogen-bond donors (Lipinski definition) is 0. The van der Waals surface area contributed by atoms with E-state index in [9.17, 15) is 29.7 Å². The highest BCUT2D eigenvalue weighted by Gasteiger charge is 2.47. The topological polar surface area (TPSA) is 67.2 Å². The van der Waals surface area contributed by atoms with Crippen LogP contribution >= 0.6 is 0 Å². The van der Waals surface area contributed by atoms with Crippen molar-refractivity contribution in [3.05, 3.63) is 385 Å². The molecule has 2 aromatic heterocycles. The van der Waals surface area contributed by atoms with E-state index < -0.39 is 119 Å². The number of hydrogen-bond acceptors (Lipinski definition) is 5. The summed E-state index contributed by atoms with van der Waals surface area (Å²) in [6.07, 6.45) is 0. The SMILES string of the molecule is [2H]c1c([2H])c([2H])c2c(c1[2H])c1c([2H])c(C#N)c([2H])c([2H])c1n2-c1ccc2c(c1)N(c1c(-c3ccccc3)cc(C(C)(C)C)cc1-c1ccccc1)c1cc(-c3ccc4c(c3)C(C)(C)c3ccccc3N4c3ccccc3)cc3c1B2c1ccc(-n2c4c([2H])c([2H])c([2H])c([2H])c4c4c([2H])c(C#N)c([2H])c([2H])c42)cc1N3c1c(-c2ccccc2)cc(C(C)(C)C)cc1-c1ccccc1. The Morgan fingerprint density at radius 2 is 0.718 bits per heavy atom. The number of aromatic nitrogens is 2. The number of fused-ring (bicyclic) bond motifs is 12. The molecule has 7 nitrogen and oxygen atoms in total. The van der Waals surface area contributed by atoms with Gasteiger partial charge in [0, 0.05) is 89.0 Å². The van der Waals surface area contributed by atoms with E-state index in [2.05, 4.69) is 222 Å². The molecular weight excluding hydrogens is 1420 g/mol. The molecule has 0 spiro atoms. The first-order valence-corrected chi connectivity index (χ1v) is 39.5. The summed E-state index contributed by atoms with van der Waals surface area (Å²) < 4.78 is 139. The second-order valence-corrected chi connectivity index (χ2v) is 33.2. The first kappa shape index (κ1) is 56.7. The van der Waals surface area contributed by atoms with Crippen LogP contribution in [-0.4, -0.2) is 15.8 Å². The number of nitrogens with zero attached hydrogens (tertiary/aromatic N) is 7. The number of nitriles is 2. The van der Waals surface area contributed by atoms with Crippen LogP contribution in [0, 0.1) is 22.7 Å². The summed E-state index contributed by atoms with van der Waals surface area (Å²) >= 11 is 0. The highest BCUT2D eigenvalue weighted by Crippen LogP contribution is 2.58. The number of rotatable bonds is 10. The minimum absolute atomic E-state index is 0.0835. The summed E-state index contributed by atoms with van der Waals surface area (Å²) in [4.78, 5) is 7.02. The van der Waals surface area contributed by atoms with E-state index in [1.807, 2.05) is 127 Å². The van der Waals surface area contributed by atoms with E-state index in [1.54, 1.807) is 9.13 Å². The minimum atomic E-state index is -0.850. The summed E-state index contributed by atoms with van der Waals surface area (Å²) in [6, 6.07) is 88.9. The van der Waals surface area contributed by atoms with Gasteiger partial charge in [-0.3, -0.25) is 0 Å². The summed E-state index contributed by atoms with van der Waals surface area (Å²) in [7, 11) is 0. The molecule has 0 saturated heterocycles. The summed E-state index contributed by atoms with van der Waals surface area (Å²) in [5.41, 5.74) is 19.6. The highest BCUT2D eigenvalue weighted by atomic mass is 15.2. The quantitative estimate of drug-likeness (QED) is 0.128. The molecule has 0 radical (unpaired) electrons. The van der Waals surface area contributed by atoms with E-state index in [0.717, 1.165) is 112 Å². The number of benzene rings is 16. The van der Waals surface area contributed by atoms with Crippen LogP contribution in [0.2, 0.25) is 0 Å². The standard InChI is InChI=1S/C109H82BN7/c1-107(2,3)77-61-84(71-30-14-9-15-31-71)105(85(62-77)72-32-16-10-17-33-72)116-100-65-80(114-94-43-27-24-40-82(94)88-56-69(67-111)46-53-96(88)114)49-51-92(100)110-93-52-50-81(115-95-44-28-25-41-83(95)89-57-70(68-112)47-54-97(89)115)66-101(93)117(106-86(73-34-18-11-19-35-73)63-78(108(4,5)6)64-87(106)74-36-20-12-21-37-74)103-60-76(59-102(116)104(103)110)75-48-55-99-91(58-75)109(7,8)90-42-26-29-45-98(90)113(99)79-38-22-13-23-39-79/h9-66H,1-8H3/i24D,25D,27D,28D,40D,41D,43D,44D,46D,47D,53D,54D,56D,57D. The van der Waals surface area contributed by atoms with Gasteiger partial charge in [0.1, 0.15) is 0 Å². The molecule has 0 aliphatic carbocycles. The Morgan fingerprint density at radius 3 is 1.15 bits per heavy atom. The zero-order valence-corrected chi connectivity index (χ0v) is 65.6. The van der Waals surface area contributed by atoms with Crippen LogP contribution in [0.1, 0.15) is 108 Å². The smallest absolute Gasteiger partial charge is 0.252 e. The van der Waals surface area contributed by atoms with Gasteiger partial charge in [0.15, 0.2) is 0 Å². The van der Waals surface area contributed by atoms with Crippen molar-refractivity contribution in [2.75, 3.05) is 14.7 Å². The molecule has 0 unspecified atom stereocenters. The van der Waals surface area contributed by atoms with Crippen molar-refractivity contribution >= 4 is 118 Å². The van der Waals surface area contributed by atoms with Gasteiger partial charge in [-0.25, -0.2) is 0 Å². The second-order valence-electron chi connectivity index (χ2n) is 33.2. The number of para-hydroxylation sites is 4. The van der Waals surface area contributed by atoms with Crippen molar-refractivity contribution in [3.8, 4) is 79.1 Å². The Balaban J connectivity index is 1.000. The summed E-state index contributed by atoms with van der Waals surface area (Å²) in [5.74, 6) is 0. The normalized spacial score (nSPS) is 15.0. The molecule has 0 N–H and O–H groups in total. The van der Waals surface area contributed by atoms with Gasteiger partial charge in [0.25, 0.3) is 6.71 Å². The average Bonchev–Trinajstić information content (AvgIpc) is 1.68. The first-order chi connectivity index (χ1) is 62.8. The highest BCUT2D eigenvalue weighted by molar-refractivity contribution is 7.00. The lowest BCUT2D eigenvalue weighted by molar-refractivity contribution is 0.590. The van der Waals surface area contributed by atoms with Crippen molar-refractivity contribution in [1.29, 1.82) is 10.5 Å². The molecule has 5 heterocycles. The van der Waals surface area contributed by atoms with Crippen LogP contribution in [0.5, 0.6) is 0 Å². The van der Waals surface area contributed by atoms with Gasteiger partial charge in [0.2, 0.25) is 0 Å². The largest absolute Gasteiger partial charge is 0.310 e. The third kappa shape index (κ3) is 11.2. The summed E-state index contributed by atoms with van der Waals surface area (Å²) in [6.45, 7) is 16.9. The Bertz CT molecular complexity index is 7600. The molecule has 0 bridgehead atoms. The molecule has 21 rings (SSSR count). The van der Waals surface area contributed by atoms with Crippen LogP contribution in [0.4, 0.5) is 51.2 Å². The lowest BCUT2D eigenvalue weighted by atomic mass is 9.33. The minimum Gasteiger partial charge on any atom is -0.310 e. The van der Waals surface area contributed by atoms with Gasteiger partial charge in [-0.05, 0) is 222 Å². The second kappa shape index (κ2) is 26.9. The van der Waals surface area contributed by atoms with Crippen LogP contribution < -0.4 is 31.1 Å². The monoisotopic (exact) mass is 1510 g/mol. The Kier molecular flexibility index (Phi) is 13.0. The molecule has 0 saturated carbocycles. The fourth-order valence-electron chi connectivity index (χ4n) is 18.3. The molecular formula is C109H82BN7. The molecule has 16 aromatic carbocycles. The van der Waals surface area contributed by atoms with Gasteiger partial charge >= 0.3 is 0 Å². The molecule has 0 amide bonds. The molecule has 0 fully saturated rings. The average molecular weight is 1510 g/mol. The van der Waals surface area contributed by atoms with E-state index in [-0.39, 0.29) is 55.0 Å². The van der Waals surface area contributed by atoms with Crippen LogP contribution in [0.3, 0.4) is 0 Å². The fourth-order valence-corrected chi connectivity index (χ4v) is 18.3. The zero-order chi connectivity index (χ0) is 91.5. The van der Waals surface area contributed by atoms with Crippen LogP contribution in [0.25, 0.3) is 111 Å². The molecule has 556 valence electrons. The Hall–Kier alpha value is -14.4. The first-order valence-electron chi connectivity index (χ1n) is 46.5. The molecule has 3 aliphatic rings. The van der Waals surface area contributed by atoms with Crippen LogP contribution in [-0.2, 0) is 16.2 Å². The van der Waals surface area contributed by atoms with E-state index in [1.165, 1.54) is 0 Å². The lowest BCUT2D eigenvalue weighted by Gasteiger charge is -2.46. The van der Waals surface area contributed by atoms with Gasteiger partial charge < -0.3 is 23.8 Å². The molecule has 117 heavy (non-hydrogen) atoms. The van der Waals surface area contributed by atoms with Gasteiger partial charge in [0.05, 0.1) is 87.3 Å². The van der Waals surface area contributed by atoms with Crippen molar-refractivity contribution in [2.45, 2.75) is 71.6 Å². The van der Waals surface area contributed by atoms with Gasteiger partial charge in [-0.15, -0.1) is 0 Å². The van der Waals surface area contributed by atoms with E-state index >= 15 is 0 Å². The third-order valence-electron chi connectivity index (χ3n) is 23.9. The van der Waals surface area contributed by atoms with E-state index in [0.29, 0.717) is 33.7 Å². The maximum Gasteiger partial charge on any atom is 0.252 e. The predicted molar refractivity (Wildman–Crippen MR) is 490 cm³/mol. The van der Waals surface area contributed by atoms with Crippen molar-refractivity contribution < 1.29 is 19.2 Å². The molecule has 18 aromatic rings. The molecule has 0 atom stereocenters. The van der Waals surface area contributed by atoms with E-state index in [4.69, 9.17) is 0 Å². The zero-order valence-electron chi connectivity index (χ0n) is 79.6. The molecule has 8 heteroatoms. The third-order valence-corrected chi connectivity index (χ3v) is 23.9. The molecule has 3 aliphatic heterocycles. The van der Waals surface area contributed by atoms with Crippen molar-refractivity contribution in [2.24, 2.45) is 0 Å². The lowest BCUT2D eigenvalue weighted by Crippen LogP contribution is -2.61. The maximum atomic E-state index is 10.8. The van der Waals surface area contributed by atoms with Gasteiger partial charge in [-0.2, -0.15) is 10.5 Å².